The summed E-state index contributed by atoms with van der Waals surface area (Å²) in [6, 6.07) is 1.69. The zero-order valence-corrected chi connectivity index (χ0v) is 9.82. The third kappa shape index (κ3) is 3.26. The normalized spacial score (nSPS) is 12.2. The fourth-order valence-electron chi connectivity index (χ4n) is 1.00. The first-order valence-corrected chi connectivity index (χ1v) is 5.11. The zero-order chi connectivity index (χ0) is 11.3. The molecule has 0 aromatic carbocycles. The summed E-state index contributed by atoms with van der Waals surface area (Å²) in [5.41, 5.74) is 6.01. The molecule has 0 fully saturated rings. The number of anilines is 1. The van der Waals surface area contributed by atoms with Crippen LogP contribution in [0, 0.1) is 0 Å². The minimum atomic E-state index is -0.634. The number of pyridine rings is 1. The molecule has 1 amide bonds. The van der Waals surface area contributed by atoms with Crippen LogP contribution in [0.5, 0.6) is 0 Å². The smallest absolute Gasteiger partial charge is 0.254 e. The summed E-state index contributed by atoms with van der Waals surface area (Å²) in [5.74, 6) is -0.271. The van der Waals surface area contributed by atoms with Gasteiger partial charge in [-0.25, -0.2) is 0 Å². The molecule has 3 N–H and O–H groups in total. The van der Waals surface area contributed by atoms with Crippen LogP contribution in [-0.2, 0) is 9.53 Å². The number of ether oxygens (including phenoxy) is 1. The molecule has 1 heterocycles. The van der Waals surface area contributed by atoms with Crippen LogP contribution in [0.15, 0.2) is 22.9 Å². The van der Waals surface area contributed by atoms with Crippen molar-refractivity contribution in [1.29, 1.82) is 0 Å². The number of methoxy groups -OCH3 is 1. The Bertz CT molecular complexity index is 342. The van der Waals surface area contributed by atoms with Crippen LogP contribution in [0.4, 0.5) is 5.69 Å². The largest absolute Gasteiger partial charge is 0.370 e. The number of nitrogens with zero attached hydrogens (tertiary/aromatic N) is 1. The second kappa shape index (κ2) is 5.79. The first-order valence-electron chi connectivity index (χ1n) is 4.32. The summed E-state index contributed by atoms with van der Waals surface area (Å²) < 4.78 is 5.62. The van der Waals surface area contributed by atoms with E-state index in [1.54, 1.807) is 18.5 Å². The molecule has 0 radical (unpaired) electrons. The van der Waals surface area contributed by atoms with E-state index in [1.807, 2.05) is 0 Å². The van der Waals surface area contributed by atoms with Gasteiger partial charge in [-0.1, -0.05) is 0 Å². The maximum Gasteiger partial charge on any atom is 0.254 e. The Labute approximate surface area is 96.1 Å². The summed E-state index contributed by atoms with van der Waals surface area (Å²) in [4.78, 5) is 15.5. The maximum atomic E-state index is 11.6. The standard InChI is InChI=1S/C9H12BrN3O2/c1-15-8(4-11)9(14)13-7-2-3-12-5-6(7)10/h2-3,5,8H,4,11H2,1H3,(H,12,13,14). The van der Waals surface area contributed by atoms with Gasteiger partial charge in [0.2, 0.25) is 0 Å². The summed E-state index contributed by atoms with van der Waals surface area (Å²) in [5, 5.41) is 2.68. The lowest BCUT2D eigenvalue weighted by Gasteiger charge is -2.13. The van der Waals surface area contributed by atoms with E-state index in [0.29, 0.717) is 10.2 Å². The lowest BCUT2D eigenvalue weighted by molar-refractivity contribution is -0.125. The van der Waals surface area contributed by atoms with Gasteiger partial charge >= 0.3 is 0 Å². The first-order chi connectivity index (χ1) is 7.19. The van der Waals surface area contributed by atoms with Crippen LogP contribution in [0.3, 0.4) is 0 Å². The van der Waals surface area contributed by atoms with Crippen molar-refractivity contribution >= 4 is 27.5 Å². The zero-order valence-electron chi connectivity index (χ0n) is 8.24. The lowest BCUT2D eigenvalue weighted by atomic mass is 10.3. The predicted octanol–water partition coefficient (Wildman–Crippen LogP) is 0.756. The molecule has 0 saturated heterocycles. The molecular formula is C9H12BrN3O2. The molecule has 1 aromatic heterocycles. The highest BCUT2D eigenvalue weighted by Crippen LogP contribution is 2.19. The highest BCUT2D eigenvalue weighted by molar-refractivity contribution is 9.10. The van der Waals surface area contributed by atoms with E-state index in [4.69, 9.17) is 10.5 Å². The van der Waals surface area contributed by atoms with E-state index in [9.17, 15) is 4.79 Å². The van der Waals surface area contributed by atoms with Gasteiger partial charge < -0.3 is 15.8 Å². The molecule has 82 valence electrons. The molecule has 0 aliphatic rings. The number of hydrogen-bond acceptors (Lipinski definition) is 4. The van der Waals surface area contributed by atoms with E-state index < -0.39 is 6.10 Å². The quantitative estimate of drug-likeness (QED) is 0.849. The Hall–Kier alpha value is -0.980. The molecular weight excluding hydrogens is 262 g/mol. The SMILES string of the molecule is COC(CN)C(=O)Nc1ccncc1Br. The number of rotatable bonds is 4. The van der Waals surface area contributed by atoms with Gasteiger partial charge in [-0.2, -0.15) is 0 Å². The second-order valence-corrected chi connectivity index (χ2v) is 3.66. The van der Waals surface area contributed by atoms with Crippen LogP contribution in [-0.4, -0.2) is 30.6 Å². The fraction of sp³-hybridized carbons (Fsp3) is 0.333. The number of amides is 1. The van der Waals surface area contributed by atoms with Crippen molar-refractivity contribution in [2.45, 2.75) is 6.10 Å². The van der Waals surface area contributed by atoms with Crippen molar-refractivity contribution in [2.24, 2.45) is 5.73 Å². The van der Waals surface area contributed by atoms with Gasteiger partial charge in [0.25, 0.3) is 5.91 Å². The molecule has 0 aliphatic heterocycles. The maximum absolute atomic E-state index is 11.6. The topological polar surface area (TPSA) is 77.2 Å². The van der Waals surface area contributed by atoms with Crippen LogP contribution >= 0.6 is 15.9 Å². The van der Waals surface area contributed by atoms with Crippen molar-refractivity contribution in [2.75, 3.05) is 19.0 Å². The van der Waals surface area contributed by atoms with Crippen molar-refractivity contribution in [3.05, 3.63) is 22.9 Å². The third-order valence-electron chi connectivity index (χ3n) is 1.82. The lowest BCUT2D eigenvalue weighted by Crippen LogP contribution is -2.35. The molecule has 1 aromatic rings. The minimum Gasteiger partial charge on any atom is -0.370 e. The molecule has 0 saturated carbocycles. The Morgan fingerprint density at radius 2 is 2.53 bits per heavy atom. The number of halogens is 1. The number of nitrogens with one attached hydrogen (secondary N) is 1. The van der Waals surface area contributed by atoms with Crippen molar-refractivity contribution in [1.82, 2.24) is 4.98 Å². The van der Waals surface area contributed by atoms with E-state index in [2.05, 4.69) is 26.2 Å². The molecule has 1 rings (SSSR count). The molecule has 0 spiro atoms. The van der Waals surface area contributed by atoms with E-state index in [0.717, 1.165) is 0 Å². The van der Waals surface area contributed by atoms with Gasteiger partial charge in [0.1, 0.15) is 6.10 Å². The number of hydrogen-bond donors (Lipinski definition) is 2. The summed E-state index contributed by atoms with van der Waals surface area (Å²) in [7, 11) is 1.44. The van der Waals surface area contributed by atoms with E-state index in [-0.39, 0.29) is 12.5 Å². The number of aromatic nitrogens is 1. The molecule has 15 heavy (non-hydrogen) atoms. The average Bonchev–Trinajstić information content (AvgIpc) is 2.23. The number of carbonyl (C=O) groups is 1. The second-order valence-electron chi connectivity index (χ2n) is 2.80. The average molecular weight is 274 g/mol. The van der Waals surface area contributed by atoms with E-state index >= 15 is 0 Å². The Kier molecular flexibility index (Phi) is 4.67. The summed E-state index contributed by atoms with van der Waals surface area (Å²) in [6.45, 7) is 0.144. The van der Waals surface area contributed by atoms with Crippen LogP contribution in [0.1, 0.15) is 0 Å². The van der Waals surface area contributed by atoms with Crippen molar-refractivity contribution in [3.63, 3.8) is 0 Å². The van der Waals surface area contributed by atoms with Crippen molar-refractivity contribution < 1.29 is 9.53 Å². The van der Waals surface area contributed by atoms with Crippen molar-refractivity contribution in [3.8, 4) is 0 Å². The Morgan fingerprint density at radius 1 is 1.80 bits per heavy atom. The van der Waals surface area contributed by atoms with Gasteiger partial charge in [-0.05, 0) is 22.0 Å². The van der Waals surface area contributed by atoms with Gasteiger partial charge in [0.15, 0.2) is 0 Å². The van der Waals surface area contributed by atoms with E-state index in [1.165, 1.54) is 7.11 Å². The van der Waals surface area contributed by atoms with Gasteiger partial charge in [0.05, 0.1) is 10.2 Å². The third-order valence-corrected chi connectivity index (χ3v) is 2.45. The molecule has 0 aliphatic carbocycles. The van der Waals surface area contributed by atoms with Crippen LogP contribution < -0.4 is 11.1 Å². The Morgan fingerprint density at radius 3 is 3.07 bits per heavy atom. The Balaban J connectivity index is 2.70. The molecule has 1 atom stereocenters. The summed E-state index contributed by atoms with van der Waals surface area (Å²) in [6.07, 6.45) is 2.55. The highest BCUT2D eigenvalue weighted by Gasteiger charge is 2.16. The van der Waals surface area contributed by atoms with Gasteiger partial charge in [0, 0.05) is 26.0 Å². The van der Waals surface area contributed by atoms with Crippen LogP contribution in [0.25, 0.3) is 0 Å². The fourth-order valence-corrected chi connectivity index (χ4v) is 1.35. The highest BCUT2D eigenvalue weighted by atomic mass is 79.9. The van der Waals surface area contributed by atoms with Gasteiger partial charge in [-0.15, -0.1) is 0 Å². The first kappa shape index (κ1) is 12.1. The molecule has 5 nitrogen and oxygen atoms in total. The van der Waals surface area contributed by atoms with Gasteiger partial charge in [-0.3, -0.25) is 9.78 Å². The number of carbonyl (C=O) groups excluding carboxylic acids is 1. The molecule has 1 unspecified atom stereocenters. The number of nitrogens with two attached hydrogens (primary N) is 1. The predicted molar refractivity (Wildman–Crippen MR) is 60.4 cm³/mol. The molecule has 0 bridgehead atoms. The van der Waals surface area contributed by atoms with Crippen LogP contribution in [0.2, 0.25) is 0 Å². The summed E-state index contributed by atoms with van der Waals surface area (Å²) >= 11 is 3.27. The minimum absolute atomic E-state index is 0.144. The monoisotopic (exact) mass is 273 g/mol. The molecule has 6 heteroatoms.